The topological polar surface area (TPSA) is 78.5 Å². The molecular weight excluding hydrogens is 326 g/mol. The zero-order chi connectivity index (χ0) is 16.7. The Labute approximate surface area is 142 Å². The molecule has 0 radical (unpaired) electrons. The maximum Gasteiger partial charge on any atom is 0.256 e. The Morgan fingerprint density at radius 1 is 1.29 bits per heavy atom. The quantitative estimate of drug-likeness (QED) is 0.881. The summed E-state index contributed by atoms with van der Waals surface area (Å²) in [5.41, 5.74) is 2.02. The normalized spacial score (nSPS) is 19.3. The highest BCUT2D eigenvalue weighted by molar-refractivity contribution is 7.08. The average molecular weight is 341 g/mol. The first kappa shape index (κ1) is 14.9. The molecule has 4 rings (SSSR count). The molecule has 1 atom stereocenters. The Morgan fingerprint density at radius 2 is 2.17 bits per heavy atom. The van der Waals surface area contributed by atoms with E-state index in [9.17, 15) is 14.4 Å². The molecule has 1 saturated heterocycles. The fraction of sp³-hybridized carbons (Fsp3) is 0.235. The van der Waals surface area contributed by atoms with E-state index in [4.69, 9.17) is 0 Å². The number of hydrogen-bond acceptors (Lipinski definition) is 4. The van der Waals surface area contributed by atoms with Crippen LogP contribution in [0.5, 0.6) is 0 Å². The van der Waals surface area contributed by atoms with E-state index in [1.54, 1.807) is 34.5 Å². The van der Waals surface area contributed by atoms with Crippen LogP contribution in [0.3, 0.4) is 0 Å². The lowest BCUT2D eigenvalue weighted by molar-refractivity contribution is -0.119. The highest BCUT2D eigenvalue weighted by Gasteiger charge is 2.38. The van der Waals surface area contributed by atoms with Crippen LogP contribution in [0, 0.1) is 0 Å². The van der Waals surface area contributed by atoms with Gasteiger partial charge in [0.2, 0.25) is 5.91 Å². The van der Waals surface area contributed by atoms with E-state index < -0.39 is 6.04 Å². The van der Waals surface area contributed by atoms with Gasteiger partial charge in [-0.05, 0) is 42.5 Å². The molecule has 2 N–H and O–H groups in total. The summed E-state index contributed by atoms with van der Waals surface area (Å²) in [7, 11) is 0. The Balaban J connectivity index is 1.65. The summed E-state index contributed by atoms with van der Waals surface area (Å²) in [6, 6.07) is 6.32. The number of nitrogens with one attached hydrogen (secondary N) is 2. The summed E-state index contributed by atoms with van der Waals surface area (Å²) >= 11 is 1.45. The first-order valence-electron chi connectivity index (χ1n) is 7.73. The monoisotopic (exact) mass is 341 g/mol. The van der Waals surface area contributed by atoms with Crippen LogP contribution in [0.15, 0.2) is 35.0 Å². The van der Waals surface area contributed by atoms with Crippen LogP contribution >= 0.6 is 11.3 Å². The molecule has 0 bridgehead atoms. The minimum absolute atomic E-state index is 0.144. The first-order valence-corrected chi connectivity index (χ1v) is 8.67. The summed E-state index contributed by atoms with van der Waals surface area (Å²) in [5, 5.41) is 9.21. The predicted molar refractivity (Wildman–Crippen MR) is 91.4 cm³/mol. The fourth-order valence-electron chi connectivity index (χ4n) is 3.16. The van der Waals surface area contributed by atoms with Crippen molar-refractivity contribution >= 4 is 40.4 Å². The molecule has 3 amide bonds. The number of benzene rings is 1. The van der Waals surface area contributed by atoms with E-state index in [0.29, 0.717) is 35.5 Å². The van der Waals surface area contributed by atoms with Gasteiger partial charge in [0, 0.05) is 17.6 Å². The van der Waals surface area contributed by atoms with Gasteiger partial charge in [0.15, 0.2) is 0 Å². The number of carbonyl (C=O) groups is 3. The van der Waals surface area contributed by atoms with Crippen LogP contribution in [0.4, 0.5) is 11.4 Å². The number of nitrogens with zero attached hydrogens (tertiary/aromatic N) is 1. The number of fused-ring (bicyclic) bond motifs is 2. The largest absolute Gasteiger partial charge is 0.327 e. The van der Waals surface area contributed by atoms with Crippen LogP contribution in [-0.4, -0.2) is 35.2 Å². The molecule has 2 aromatic rings. The lowest BCUT2D eigenvalue weighted by atomic mass is 10.1. The van der Waals surface area contributed by atoms with Crippen molar-refractivity contribution in [2.45, 2.75) is 18.9 Å². The summed E-state index contributed by atoms with van der Waals surface area (Å²) in [6.07, 6.45) is 1.51. The van der Waals surface area contributed by atoms with Crippen molar-refractivity contribution in [2.24, 2.45) is 0 Å². The fourth-order valence-corrected chi connectivity index (χ4v) is 3.79. The molecule has 1 aromatic carbocycles. The Bertz CT molecular complexity index is 832. The smallest absolute Gasteiger partial charge is 0.256 e. The second-order valence-corrected chi connectivity index (χ2v) is 6.65. The van der Waals surface area contributed by atoms with Crippen LogP contribution < -0.4 is 10.6 Å². The van der Waals surface area contributed by atoms with Crippen molar-refractivity contribution in [3.63, 3.8) is 0 Å². The van der Waals surface area contributed by atoms with Crippen LogP contribution in [0.1, 0.15) is 33.6 Å². The van der Waals surface area contributed by atoms with Crippen molar-refractivity contribution in [3.05, 3.63) is 46.2 Å². The molecule has 122 valence electrons. The van der Waals surface area contributed by atoms with Gasteiger partial charge in [0.1, 0.15) is 6.04 Å². The maximum atomic E-state index is 12.8. The molecule has 0 aliphatic carbocycles. The van der Waals surface area contributed by atoms with Crippen LogP contribution in [0.25, 0.3) is 0 Å². The van der Waals surface area contributed by atoms with Gasteiger partial charge in [-0.2, -0.15) is 11.3 Å². The molecule has 1 aromatic heterocycles. The van der Waals surface area contributed by atoms with E-state index in [0.717, 1.165) is 6.42 Å². The first-order chi connectivity index (χ1) is 11.6. The third-order valence-corrected chi connectivity index (χ3v) is 5.05. The molecule has 2 aliphatic heterocycles. The molecule has 0 spiro atoms. The summed E-state index contributed by atoms with van der Waals surface area (Å²) < 4.78 is 0. The van der Waals surface area contributed by atoms with E-state index in [-0.39, 0.29) is 17.7 Å². The van der Waals surface area contributed by atoms with Gasteiger partial charge in [-0.25, -0.2) is 0 Å². The molecule has 1 fully saturated rings. The minimum Gasteiger partial charge on any atom is -0.327 e. The Hall–Kier alpha value is -2.67. The SMILES string of the molecule is O=C(Nc1ccc2c(c1)C(=O)N1CCC[C@H]1C(=O)N2)c1ccsc1. The second-order valence-electron chi connectivity index (χ2n) is 5.87. The zero-order valence-electron chi connectivity index (χ0n) is 12.7. The number of thiophene rings is 1. The van der Waals surface area contributed by atoms with Crippen LogP contribution in [-0.2, 0) is 4.79 Å². The highest BCUT2D eigenvalue weighted by Crippen LogP contribution is 2.30. The second kappa shape index (κ2) is 5.76. The molecule has 0 unspecified atom stereocenters. The average Bonchev–Trinajstić information content (AvgIpc) is 3.25. The molecule has 0 saturated carbocycles. The number of carbonyl (C=O) groups excluding carboxylic acids is 3. The van der Waals surface area contributed by atoms with Crippen molar-refractivity contribution in [1.82, 2.24) is 4.90 Å². The Kier molecular flexibility index (Phi) is 3.57. The van der Waals surface area contributed by atoms with Gasteiger partial charge < -0.3 is 15.5 Å². The predicted octanol–water partition coefficient (Wildman–Crippen LogP) is 2.56. The highest BCUT2D eigenvalue weighted by atomic mass is 32.1. The molecule has 7 heteroatoms. The third kappa shape index (κ3) is 2.46. The van der Waals surface area contributed by atoms with Crippen LogP contribution in [0.2, 0.25) is 0 Å². The van der Waals surface area contributed by atoms with Gasteiger partial charge >= 0.3 is 0 Å². The molecule has 2 aliphatic rings. The maximum absolute atomic E-state index is 12.8. The van der Waals surface area contributed by atoms with Crippen molar-refractivity contribution in [2.75, 3.05) is 17.2 Å². The molecule has 3 heterocycles. The minimum atomic E-state index is -0.395. The zero-order valence-corrected chi connectivity index (χ0v) is 13.6. The number of anilines is 2. The third-order valence-electron chi connectivity index (χ3n) is 4.37. The number of hydrogen-bond donors (Lipinski definition) is 2. The Morgan fingerprint density at radius 3 is 2.96 bits per heavy atom. The van der Waals surface area contributed by atoms with Gasteiger partial charge in [-0.3, -0.25) is 14.4 Å². The number of rotatable bonds is 2. The lowest BCUT2D eigenvalue weighted by Gasteiger charge is -2.20. The van der Waals surface area contributed by atoms with E-state index in [1.165, 1.54) is 11.3 Å². The van der Waals surface area contributed by atoms with E-state index >= 15 is 0 Å². The summed E-state index contributed by atoms with van der Waals surface area (Å²) in [6.45, 7) is 0.585. The summed E-state index contributed by atoms with van der Waals surface area (Å²) in [5.74, 6) is -0.535. The van der Waals surface area contributed by atoms with E-state index in [2.05, 4.69) is 10.6 Å². The van der Waals surface area contributed by atoms with Crippen molar-refractivity contribution in [3.8, 4) is 0 Å². The van der Waals surface area contributed by atoms with Gasteiger partial charge in [0.25, 0.3) is 11.8 Å². The van der Waals surface area contributed by atoms with Crippen molar-refractivity contribution in [1.29, 1.82) is 0 Å². The van der Waals surface area contributed by atoms with Gasteiger partial charge in [0.05, 0.1) is 16.8 Å². The molecule has 6 nitrogen and oxygen atoms in total. The van der Waals surface area contributed by atoms with Gasteiger partial charge in [-0.1, -0.05) is 0 Å². The molecule has 24 heavy (non-hydrogen) atoms. The van der Waals surface area contributed by atoms with Crippen molar-refractivity contribution < 1.29 is 14.4 Å². The van der Waals surface area contributed by atoms with E-state index in [1.807, 2.05) is 5.38 Å². The summed E-state index contributed by atoms with van der Waals surface area (Å²) in [4.78, 5) is 38.8. The molecular formula is C17H15N3O3S. The standard InChI is InChI=1S/C17H15N3O3S/c21-15(10-5-7-24-9-10)18-11-3-4-13-12(8-11)17(23)20-6-1-2-14(20)16(22)19-13/h3-5,7-9,14H,1-2,6H2,(H,18,21)(H,19,22)/t14-/m0/s1. The van der Waals surface area contributed by atoms with Gasteiger partial charge in [-0.15, -0.1) is 0 Å². The number of amides is 3. The lowest BCUT2D eigenvalue weighted by Crippen LogP contribution is -2.40.